The van der Waals surface area contributed by atoms with E-state index in [1.54, 1.807) is 18.4 Å². The summed E-state index contributed by atoms with van der Waals surface area (Å²) in [6.45, 7) is 3.93. The van der Waals surface area contributed by atoms with Crippen LogP contribution in [0.2, 0.25) is 0 Å². The molecule has 28 heavy (non-hydrogen) atoms. The summed E-state index contributed by atoms with van der Waals surface area (Å²) in [5.41, 5.74) is 0. The summed E-state index contributed by atoms with van der Waals surface area (Å²) in [4.78, 5) is 8.12. The van der Waals surface area contributed by atoms with Crippen LogP contribution in [0.25, 0.3) is 0 Å². The first-order chi connectivity index (χ1) is 13.6. The van der Waals surface area contributed by atoms with Crippen LogP contribution in [0.4, 0.5) is 0 Å². The zero-order valence-corrected chi connectivity index (χ0v) is 18.3. The highest BCUT2D eigenvalue weighted by Crippen LogP contribution is 2.27. The molecule has 1 aliphatic heterocycles. The van der Waals surface area contributed by atoms with Crippen LogP contribution in [-0.2, 0) is 10.0 Å². The van der Waals surface area contributed by atoms with Crippen LogP contribution in [0, 0.1) is 5.92 Å². The Morgan fingerprint density at radius 3 is 2.68 bits per heavy atom. The fourth-order valence-electron chi connectivity index (χ4n) is 3.68. The summed E-state index contributed by atoms with van der Waals surface area (Å²) in [5.74, 6) is 1.23. The Bertz CT molecular complexity index is 711. The lowest BCUT2D eigenvalue weighted by atomic mass is 9.86. The minimum atomic E-state index is -3.24. The molecule has 1 aromatic rings. The van der Waals surface area contributed by atoms with Crippen molar-refractivity contribution in [2.45, 2.75) is 38.1 Å². The molecule has 1 saturated carbocycles. The van der Waals surface area contributed by atoms with Crippen LogP contribution in [0.15, 0.2) is 22.5 Å². The van der Waals surface area contributed by atoms with Gasteiger partial charge in [0.1, 0.15) is 0 Å². The van der Waals surface area contributed by atoms with E-state index in [0.29, 0.717) is 31.0 Å². The number of likely N-dealkylation sites (tertiary alicyclic amines) is 1. The average molecular weight is 428 g/mol. The number of nitrogens with zero attached hydrogens (tertiary/aromatic N) is 2. The lowest BCUT2D eigenvalue weighted by Gasteiger charge is -2.27. The van der Waals surface area contributed by atoms with Crippen LogP contribution in [-0.4, -0.2) is 64.8 Å². The summed E-state index contributed by atoms with van der Waals surface area (Å²) in [7, 11) is -1.52. The molecular weight excluding hydrogens is 394 g/mol. The van der Waals surface area contributed by atoms with Gasteiger partial charge in [-0.05, 0) is 56.1 Å². The summed E-state index contributed by atoms with van der Waals surface area (Å²) in [6, 6.07) is 4.61. The molecule has 0 amide bonds. The van der Waals surface area contributed by atoms with E-state index >= 15 is 0 Å². The molecule has 1 saturated heterocycles. The van der Waals surface area contributed by atoms with Crippen molar-refractivity contribution in [1.82, 2.24) is 20.3 Å². The molecule has 0 bridgehead atoms. The van der Waals surface area contributed by atoms with Gasteiger partial charge >= 0.3 is 0 Å². The maximum atomic E-state index is 12.1. The minimum Gasteiger partial charge on any atom is -0.355 e. The fraction of sp³-hybridized carbons (Fsp3) is 0.737. The van der Waals surface area contributed by atoms with Crippen molar-refractivity contribution in [3.8, 4) is 0 Å². The van der Waals surface area contributed by atoms with E-state index in [4.69, 9.17) is 0 Å². The average Bonchev–Trinajstić information content (AvgIpc) is 3.33. The standard InChI is InChI=1S/C19H33N5O2S2/c1-20-19(21-9-13-28(25,26)23-14-16-6-4-7-16)22-15-17(18-8-5-12-27-18)24-10-2-3-11-24/h5,8,12,16-17,23H,2-4,6-7,9-11,13-15H2,1H3,(H2,20,21,22). The van der Waals surface area contributed by atoms with E-state index in [0.717, 1.165) is 32.5 Å². The highest BCUT2D eigenvalue weighted by molar-refractivity contribution is 7.89. The Balaban J connectivity index is 1.43. The van der Waals surface area contributed by atoms with E-state index in [2.05, 4.69) is 42.8 Å². The van der Waals surface area contributed by atoms with Gasteiger partial charge in [0.25, 0.3) is 0 Å². The summed E-state index contributed by atoms with van der Waals surface area (Å²) < 4.78 is 27.0. The van der Waals surface area contributed by atoms with Gasteiger partial charge in [-0.1, -0.05) is 12.5 Å². The number of hydrogen-bond donors (Lipinski definition) is 3. The van der Waals surface area contributed by atoms with E-state index in [9.17, 15) is 8.42 Å². The molecule has 1 aromatic heterocycles. The van der Waals surface area contributed by atoms with Crippen LogP contribution in [0.1, 0.15) is 43.0 Å². The van der Waals surface area contributed by atoms with Crippen molar-refractivity contribution in [3.63, 3.8) is 0 Å². The van der Waals surface area contributed by atoms with Crippen molar-refractivity contribution in [2.75, 3.05) is 45.5 Å². The first-order valence-electron chi connectivity index (χ1n) is 10.3. The number of rotatable bonds is 10. The van der Waals surface area contributed by atoms with Gasteiger partial charge in [0, 0.05) is 31.6 Å². The smallest absolute Gasteiger partial charge is 0.213 e. The third-order valence-electron chi connectivity index (χ3n) is 5.62. The SMILES string of the molecule is CN=C(NCCS(=O)(=O)NCC1CCC1)NCC(c1cccs1)N1CCCC1. The Morgan fingerprint density at radius 1 is 1.29 bits per heavy atom. The van der Waals surface area contributed by atoms with Crippen molar-refractivity contribution >= 4 is 27.3 Å². The Morgan fingerprint density at radius 2 is 2.07 bits per heavy atom. The molecule has 2 aliphatic rings. The maximum Gasteiger partial charge on any atom is 0.213 e. The monoisotopic (exact) mass is 427 g/mol. The van der Waals surface area contributed by atoms with Gasteiger partial charge in [-0.2, -0.15) is 0 Å². The number of aliphatic imine (C=N–C) groups is 1. The van der Waals surface area contributed by atoms with Crippen molar-refractivity contribution < 1.29 is 8.42 Å². The van der Waals surface area contributed by atoms with E-state index in [-0.39, 0.29) is 5.75 Å². The van der Waals surface area contributed by atoms with Crippen molar-refractivity contribution in [1.29, 1.82) is 0 Å². The third kappa shape index (κ3) is 6.43. The lowest BCUT2D eigenvalue weighted by molar-refractivity contribution is 0.249. The second kappa shape index (κ2) is 10.6. The van der Waals surface area contributed by atoms with Gasteiger partial charge in [0.05, 0.1) is 11.8 Å². The maximum absolute atomic E-state index is 12.1. The van der Waals surface area contributed by atoms with Crippen LogP contribution >= 0.6 is 11.3 Å². The molecule has 2 fully saturated rings. The van der Waals surface area contributed by atoms with Gasteiger partial charge in [-0.25, -0.2) is 13.1 Å². The van der Waals surface area contributed by atoms with Crippen LogP contribution in [0.5, 0.6) is 0 Å². The van der Waals surface area contributed by atoms with Gasteiger partial charge < -0.3 is 10.6 Å². The number of guanidine groups is 1. The third-order valence-corrected chi connectivity index (χ3v) is 7.94. The Labute approximate surface area is 173 Å². The molecule has 0 radical (unpaired) electrons. The number of nitrogens with one attached hydrogen (secondary N) is 3. The molecule has 7 nitrogen and oxygen atoms in total. The van der Waals surface area contributed by atoms with Gasteiger partial charge in [0.15, 0.2) is 5.96 Å². The van der Waals surface area contributed by atoms with E-state index in [1.165, 1.54) is 24.1 Å². The summed E-state index contributed by atoms with van der Waals surface area (Å²) in [6.07, 6.45) is 6.00. The fourth-order valence-corrected chi connectivity index (χ4v) is 5.54. The molecule has 0 spiro atoms. The predicted molar refractivity (Wildman–Crippen MR) is 116 cm³/mol. The molecule has 1 aliphatic carbocycles. The van der Waals surface area contributed by atoms with Crippen molar-refractivity contribution in [3.05, 3.63) is 22.4 Å². The topological polar surface area (TPSA) is 85.8 Å². The zero-order valence-electron chi connectivity index (χ0n) is 16.7. The number of sulfonamides is 1. The normalized spacial score (nSPS) is 20.1. The molecule has 1 unspecified atom stereocenters. The molecule has 9 heteroatoms. The summed E-state index contributed by atoms with van der Waals surface area (Å²) >= 11 is 1.78. The molecule has 3 N–H and O–H groups in total. The highest BCUT2D eigenvalue weighted by Gasteiger charge is 2.24. The van der Waals surface area contributed by atoms with Crippen LogP contribution < -0.4 is 15.4 Å². The second-order valence-corrected chi connectivity index (χ2v) is 10.5. The van der Waals surface area contributed by atoms with Crippen LogP contribution in [0.3, 0.4) is 0 Å². The van der Waals surface area contributed by atoms with Gasteiger partial charge in [-0.3, -0.25) is 9.89 Å². The van der Waals surface area contributed by atoms with E-state index < -0.39 is 10.0 Å². The first kappa shape index (κ1) is 21.5. The quantitative estimate of drug-likeness (QED) is 0.391. The first-order valence-corrected chi connectivity index (χ1v) is 12.8. The highest BCUT2D eigenvalue weighted by atomic mass is 32.2. The molecule has 158 valence electrons. The largest absolute Gasteiger partial charge is 0.355 e. The Kier molecular flexibility index (Phi) is 8.13. The Hall–Kier alpha value is -1.16. The summed E-state index contributed by atoms with van der Waals surface area (Å²) in [5, 5.41) is 8.63. The molecule has 3 rings (SSSR count). The van der Waals surface area contributed by atoms with Crippen molar-refractivity contribution in [2.24, 2.45) is 10.9 Å². The van der Waals surface area contributed by atoms with E-state index in [1.807, 2.05) is 0 Å². The van der Waals surface area contributed by atoms with Gasteiger partial charge in [0.2, 0.25) is 10.0 Å². The minimum absolute atomic E-state index is 0.0564. The number of thiophene rings is 1. The molecule has 1 atom stereocenters. The van der Waals surface area contributed by atoms with Gasteiger partial charge in [-0.15, -0.1) is 11.3 Å². The lowest BCUT2D eigenvalue weighted by Crippen LogP contribution is -2.44. The molecular formula is C19H33N5O2S2. The zero-order chi connectivity index (χ0) is 19.8. The number of hydrogen-bond acceptors (Lipinski definition) is 5. The molecule has 0 aromatic carbocycles. The molecule has 2 heterocycles. The predicted octanol–water partition coefficient (Wildman–Crippen LogP) is 1.77. The second-order valence-electron chi connectivity index (χ2n) is 7.62.